The van der Waals surface area contributed by atoms with Crippen LogP contribution in [0.4, 0.5) is 4.39 Å². The highest BCUT2D eigenvalue weighted by atomic mass is 19.1. The predicted octanol–water partition coefficient (Wildman–Crippen LogP) is 1.02. The first kappa shape index (κ1) is 11.5. The Bertz CT molecular complexity index is 328. The van der Waals surface area contributed by atoms with Gasteiger partial charge in [-0.15, -0.1) is 0 Å². The molecule has 0 bridgehead atoms. The third-order valence-electron chi connectivity index (χ3n) is 2.86. The Balaban J connectivity index is 1.99. The second kappa shape index (κ2) is 5.39. The molecular weight excluding hydrogens is 209 g/mol. The van der Waals surface area contributed by atoms with E-state index < -0.39 is 0 Å². The minimum Gasteiger partial charge on any atom is -0.395 e. The molecule has 1 saturated heterocycles. The maximum Gasteiger partial charge on any atom is 0.123 e. The highest BCUT2D eigenvalue weighted by Gasteiger charge is 2.21. The van der Waals surface area contributed by atoms with E-state index in [1.807, 2.05) is 0 Å². The molecular formula is C12H16FNO2. The second-order valence-corrected chi connectivity index (χ2v) is 4.01. The van der Waals surface area contributed by atoms with Gasteiger partial charge in [0.25, 0.3) is 0 Å². The van der Waals surface area contributed by atoms with Gasteiger partial charge in [-0.1, -0.05) is 12.1 Å². The molecule has 1 fully saturated rings. The summed E-state index contributed by atoms with van der Waals surface area (Å²) in [4.78, 5) is 2.16. The number of nitrogens with zero attached hydrogens (tertiary/aromatic N) is 1. The van der Waals surface area contributed by atoms with Crippen LogP contribution in [0, 0.1) is 5.82 Å². The van der Waals surface area contributed by atoms with Crippen molar-refractivity contribution in [3.63, 3.8) is 0 Å². The molecule has 0 saturated carbocycles. The molecule has 0 aliphatic carbocycles. The number of aliphatic hydroxyl groups is 1. The van der Waals surface area contributed by atoms with Crippen LogP contribution in [0.15, 0.2) is 24.3 Å². The topological polar surface area (TPSA) is 32.7 Å². The van der Waals surface area contributed by atoms with Crippen molar-refractivity contribution in [1.82, 2.24) is 4.90 Å². The fourth-order valence-electron chi connectivity index (χ4n) is 1.89. The van der Waals surface area contributed by atoms with Gasteiger partial charge < -0.3 is 9.84 Å². The zero-order chi connectivity index (χ0) is 11.4. The summed E-state index contributed by atoms with van der Waals surface area (Å²) in [7, 11) is 0. The lowest BCUT2D eigenvalue weighted by Gasteiger charge is -2.34. The van der Waals surface area contributed by atoms with Crippen LogP contribution in [-0.4, -0.2) is 42.4 Å². The molecule has 1 atom stereocenters. The smallest absolute Gasteiger partial charge is 0.123 e. The van der Waals surface area contributed by atoms with Gasteiger partial charge in [0.15, 0.2) is 0 Å². The molecule has 0 radical (unpaired) electrons. The van der Waals surface area contributed by atoms with Gasteiger partial charge in [-0.05, 0) is 17.7 Å². The van der Waals surface area contributed by atoms with Gasteiger partial charge in [0.1, 0.15) is 5.82 Å². The van der Waals surface area contributed by atoms with Gasteiger partial charge in [0, 0.05) is 13.1 Å². The number of ether oxygens (including phenoxy) is 1. The van der Waals surface area contributed by atoms with E-state index >= 15 is 0 Å². The van der Waals surface area contributed by atoms with Crippen molar-refractivity contribution >= 4 is 0 Å². The van der Waals surface area contributed by atoms with E-state index in [0.717, 1.165) is 18.7 Å². The van der Waals surface area contributed by atoms with Crippen molar-refractivity contribution in [3.05, 3.63) is 35.6 Å². The molecule has 1 aliphatic rings. The van der Waals surface area contributed by atoms with Gasteiger partial charge in [0.05, 0.1) is 25.9 Å². The molecule has 1 aliphatic heterocycles. The third kappa shape index (κ3) is 2.78. The maximum absolute atomic E-state index is 12.7. The van der Waals surface area contributed by atoms with Crippen LogP contribution in [-0.2, 0) is 11.3 Å². The Morgan fingerprint density at radius 2 is 2.12 bits per heavy atom. The van der Waals surface area contributed by atoms with Crippen molar-refractivity contribution in [1.29, 1.82) is 0 Å². The molecule has 88 valence electrons. The summed E-state index contributed by atoms with van der Waals surface area (Å²) in [5.74, 6) is -0.218. The molecule has 0 spiro atoms. The quantitative estimate of drug-likeness (QED) is 0.833. The summed E-state index contributed by atoms with van der Waals surface area (Å²) in [6.45, 7) is 2.90. The van der Waals surface area contributed by atoms with Crippen LogP contribution in [0.1, 0.15) is 5.56 Å². The molecule has 1 unspecified atom stereocenters. The highest BCUT2D eigenvalue weighted by Crippen LogP contribution is 2.12. The number of halogens is 1. The van der Waals surface area contributed by atoms with E-state index in [-0.39, 0.29) is 18.5 Å². The summed E-state index contributed by atoms with van der Waals surface area (Å²) in [6, 6.07) is 6.53. The van der Waals surface area contributed by atoms with Crippen LogP contribution in [0.2, 0.25) is 0 Å². The maximum atomic E-state index is 12.7. The lowest BCUT2D eigenvalue weighted by Crippen LogP contribution is -2.46. The van der Waals surface area contributed by atoms with Crippen LogP contribution >= 0.6 is 0 Å². The van der Waals surface area contributed by atoms with Gasteiger partial charge in [-0.2, -0.15) is 0 Å². The van der Waals surface area contributed by atoms with Crippen LogP contribution in [0.5, 0.6) is 0 Å². The minimum atomic E-state index is -0.218. The number of hydrogen-bond acceptors (Lipinski definition) is 3. The molecule has 0 amide bonds. The van der Waals surface area contributed by atoms with Gasteiger partial charge in [-0.25, -0.2) is 4.39 Å². The second-order valence-electron chi connectivity index (χ2n) is 4.01. The van der Waals surface area contributed by atoms with E-state index in [2.05, 4.69) is 4.90 Å². The summed E-state index contributed by atoms with van der Waals surface area (Å²) in [5.41, 5.74) is 1.06. The minimum absolute atomic E-state index is 0.0544. The van der Waals surface area contributed by atoms with Crippen molar-refractivity contribution in [2.75, 3.05) is 26.4 Å². The van der Waals surface area contributed by atoms with Gasteiger partial charge in [0.2, 0.25) is 0 Å². The van der Waals surface area contributed by atoms with E-state index in [9.17, 15) is 9.50 Å². The standard InChI is InChI=1S/C12H16FNO2/c13-11-3-1-10(2-4-11)7-14-5-6-16-9-12(14)8-15/h1-4,12,15H,5-9H2. The highest BCUT2D eigenvalue weighted by molar-refractivity contribution is 5.16. The third-order valence-corrected chi connectivity index (χ3v) is 2.86. The molecule has 1 aromatic rings. The summed E-state index contributed by atoms with van der Waals surface area (Å²) in [5, 5.41) is 9.20. The average Bonchev–Trinajstić information content (AvgIpc) is 2.33. The Morgan fingerprint density at radius 3 is 2.81 bits per heavy atom. The van der Waals surface area contributed by atoms with E-state index in [4.69, 9.17) is 4.74 Å². The molecule has 2 rings (SSSR count). The molecule has 4 heteroatoms. The lowest BCUT2D eigenvalue weighted by atomic mass is 10.1. The first-order valence-corrected chi connectivity index (χ1v) is 5.46. The first-order chi connectivity index (χ1) is 7.79. The van der Waals surface area contributed by atoms with E-state index in [0.29, 0.717) is 13.2 Å². The Labute approximate surface area is 94.4 Å². The van der Waals surface area contributed by atoms with Crippen molar-refractivity contribution < 1.29 is 14.2 Å². The van der Waals surface area contributed by atoms with Crippen LogP contribution < -0.4 is 0 Å². The molecule has 1 N–H and O–H groups in total. The van der Waals surface area contributed by atoms with Crippen LogP contribution in [0.25, 0.3) is 0 Å². The Kier molecular flexibility index (Phi) is 3.88. The average molecular weight is 225 g/mol. The summed E-state index contributed by atoms with van der Waals surface area (Å²) in [6.07, 6.45) is 0. The van der Waals surface area contributed by atoms with Gasteiger partial charge in [-0.3, -0.25) is 4.90 Å². The molecule has 1 heterocycles. The fraction of sp³-hybridized carbons (Fsp3) is 0.500. The number of morpholine rings is 1. The Morgan fingerprint density at radius 1 is 1.38 bits per heavy atom. The molecule has 1 aromatic carbocycles. The summed E-state index contributed by atoms with van der Waals surface area (Å²) >= 11 is 0. The fourth-order valence-corrected chi connectivity index (χ4v) is 1.89. The number of rotatable bonds is 3. The SMILES string of the molecule is OCC1COCCN1Cc1ccc(F)cc1. The largest absolute Gasteiger partial charge is 0.395 e. The predicted molar refractivity (Wildman–Crippen MR) is 58.5 cm³/mol. The molecule has 0 aromatic heterocycles. The zero-order valence-electron chi connectivity index (χ0n) is 9.10. The number of hydrogen-bond donors (Lipinski definition) is 1. The first-order valence-electron chi connectivity index (χ1n) is 5.46. The van der Waals surface area contributed by atoms with E-state index in [1.165, 1.54) is 12.1 Å². The van der Waals surface area contributed by atoms with Gasteiger partial charge >= 0.3 is 0 Å². The lowest BCUT2D eigenvalue weighted by molar-refractivity contribution is -0.0312. The summed E-state index contributed by atoms with van der Waals surface area (Å²) < 4.78 is 18.0. The molecule has 3 nitrogen and oxygen atoms in total. The normalized spacial score (nSPS) is 22.2. The number of aliphatic hydroxyl groups excluding tert-OH is 1. The van der Waals surface area contributed by atoms with Crippen molar-refractivity contribution in [3.8, 4) is 0 Å². The molecule has 16 heavy (non-hydrogen) atoms. The Hall–Kier alpha value is -0.970. The van der Waals surface area contributed by atoms with Crippen LogP contribution in [0.3, 0.4) is 0 Å². The monoisotopic (exact) mass is 225 g/mol. The van der Waals surface area contributed by atoms with Crippen molar-refractivity contribution in [2.24, 2.45) is 0 Å². The number of benzene rings is 1. The van der Waals surface area contributed by atoms with E-state index in [1.54, 1.807) is 12.1 Å². The van der Waals surface area contributed by atoms with Crippen molar-refractivity contribution in [2.45, 2.75) is 12.6 Å². The zero-order valence-corrected chi connectivity index (χ0v) is 9.10.